The van der Waals surface area contributed by atoms with E-state index in [0.29, 0.717) is 5.82 Å². The van der Waals surface area contributed by atoms with Crippen molar-refractivity contribution in [3.8, 4) is 0 Å². The molecule has 5 nitrogen and oxygen atoms in total. The average Bonchev–Trinajstić information content (AvgIpc) is 2.43. The number of anilines is 2. The van der Waals surface area contributed by atoms with E-state index in [-0.39, 0.29) is 5.69 Å². The normalized spacial score (nSPS) is 10.1. The number of methoxy groups -OCH3 is 1. The second-order valence-corrected chi connectivity index (χ2v) is 5.21. The van der Waals surface area contributed by atoms with E-state index in [2.05, 4.69) is 51.9 Å². The van der Waals surface area contributed by atoms with Crippen LogP contribution in [0.5, 0.6) is 0 Å². The van der Waals surface area contributed by atoms with E-state index in [1.165, 1.54) is 19.5 Å². The summed E-state index contributed by atoms with van der Waals surface area (Å²) in [6, 6.07) is 5.72. The molecule has 2 aromatic rings. The fourth-order valence-electron chi connectivity index (χ4n) is 1.35. The standard InChI is InChI=1S/C12H9Br2N3O2/c1-19-12(18)9-5-16-10(6-15-9)17-11-7(13)3-2-4-8(11)14/h2-6H,1H3,(H,16,17). The number of rotatable bonds is 3. The largest absolute Gasteiger partial charge is 0.464 e. The summed E-state index contributed by atoms with van der Waals surface area (Å²) in [5, 5.41) is 3.11. The predicted molar refractivity (Wildman–Crippen MR) is 78.5 cm³/mol. The van der Waals surface area contributed by atoms with Gasteiger partial charge in [-0.3, -0.25) is 0 Å². The van der Waals surface area contributed by atoms with Crippen LogP contribution in [0.4, 0.5) is 11.5 Å². The van der Waals surface area contributed by atoms with Gasteiger partial charge in [0.25, 0.3) is 0 Å². The first kappa shape index (κ1) is 14.0. The van der Waals surface area contributed by atoms with Gasteiger partial charge in [-0.05, 0) is 44.0 Å². The number of carbonyl (C=O) groups is 1. The molecule has 0 aliphatic heterocycles. The van der Waals surface area contributed by atoms with Gasteiger partial charge >= 0.3 is 5.97 Å². The molecule has 0 fully saturated rings. The minimum absolute atomic E-state index is 0.166. The molecule has 0 radical (unpaired) electrons. The third kappa shape index (κ3) is 3.30. The summed E-state index contributed by atoms with van der Waals surface area (Å²) in [6.07, 6.45) is 2.83. The Balaban J connectivity index is 2.22. The molecule has 1 aromatic heterocycles. The summed E-state index contributed by atoms with van der Waals surface area (Å²) in [6.45, 7) is 0. The van der Waals surface area contributed by atoms with Crippen molar-refractivity contribution in [1.29, 1.82) is 0 Å². The number of aromatic nitrogens is 2. The van der Waals surface area contributed by atoms with E-state index in [1.54, 1.807) is 0 Å². The molecule has 0 spiro atoms. The minimum atomic E-state index is -0.513. The van der Waals surface area contributed by atoms with Crippen LogP contribution in [0.1, 0.15) is 10.5 Å². The highest BCUT2D eigenvalue weighted by Gasteiger charge is 2.09. The van der Waals surface area contributed by atoms with Crippen molar-refractivity contribution < 1.29 is 9.53 Å². The summed E-state index contributed by atoms with van der Waals surface area (Å²) in [7, 11) is 1.30. The van der Waals surface area contributed by atoms with Crippen LogP contribution in [0.3, 0.4) is 0 Å². The fourth-order valence-corrected chi connectivity index (χ4v) is 2.54. The van der Waals surface area contributed by atoms with Gasteiger partial charge in [-0.1, -0.05) is 6.07 Å². The van der Waals surface area contributed by atoms with Crippen LogP contribution in [0.2, 0.25) is 0 Å². The van der Waals surface area contributed by atoms with Crippen molar-refractivity contribution in [3.63, 3.8) is 0 Å². The molecule has 2 rings (SSSR count). The maximum atomic E-state index is 11.2. The first-order valence-corrected chi connectivity index (χ1v) is 6.82. The van der Waals surface area contributed by atoms with Crippen molar-refractivity contribution in [1.82, 2.24) is 9.97 Å². The third-order valence-electron chi connectivity index (χ3n) is 2.26. The Bertz CT molecular complexity index is 582. The lowest BCUT2D eigenvalue weighted by Crippen LogP contribution is -2.06. The summed E-state index contributed by atoms with van der Waals surface area (Å²) in [4.78, 5) is 19.3. The molecule has 0 atom stereocenters. The van der Waals surface area contributed by atoms with Crippen LogP contribution in [0.15, 0.2) is 39.5 Å². The van der Waals surface area contributed by atoms with Crippen LogP contribution < -0.4 is 5.32 Å². The zero-order valence-electron chi connectivity index (χ0n) is 9.85. The maximum absolute atomic E-state index is 11.2. The summed E-state index contributed by atoms with van der Waals surface area (Å²) >= 11 is 6.88. The van der Waals surface area contributed by atoms with Crippen LogP contribution in [-0.4, -0.2) is 23.0 Å². The van der Waals surface area contributed by atoms with E-state index in [1.807, 2.05) is 18.2 Å². The summed E-state index contributed by atoms with van der Waals surface area (Å²) in [5.41, 5.74) is 1.00. The number of hydrogen-bond donors (Lipinski definition) is 1. The van der Waals surface area contributed by atoms with Crippen molar-refractivity contribution in [2.24, 2.45) is 0 Å². The fraction of sp³-hybridized carbons (Fsp3) is 0.0833. The number of halogens is 2. The minimum Gasteiger partial charge on any atom is -0.464 e. The van der Waals surface area contributed by atoms with Gasteiger partial charge in [0.05, 0.1) is 25.2 Å². The number of hydrogen-bond acceptors (Lipinski definition) is 5. The third-order valence-corrected chi connectivity index (χ3v) is 3.58. The van der Waals surface area contributed by atoms with Gasteiger partial charge in [0.15, 0.2) is 5.69 Å². The highest BCUT2D eigenvalue weighted by molar-refractivity contribution is 9.11. The van der Waals surface area contributed by atoms with Gasteiger partial charge in [-0.2, -0.15) is 0 Å². The lowest BCUT2D eigenvalue weighted by atomic mass is 10.3. The molecule has 1 aromatic carbocycles. The lowest BCUT2D eigenvalue weighted by Gasteiger charge is -2.09. The molecule has 0 saturated heterocycles. The Morgan fingerprint density at radius 3 is 2.42 bits per heavy atom. The summed E-state index contributed by atoms with van der Waals surface area (Å²) < 4.78 is 6.33. The molecule has 0 saturated carbocycles. The van der Waals surface area contributed by atoms with Crippen LogP contribution in [0.25, 0.3) is 0 Å². The number of nitrogens with zero attached hydrogens (tertiary/aromatic N) is 2. The second-order valence-electron chi connectivity index (χ2n) is 3.50. The zero-order chi connectivity index (χ0) is 13.8. The number of para-hydroxylation sites is 1. The van der Waals surface area contributed by atoms with E-state index in [4.69, 9.17) is 0 Å². The lowest BCUT2D eigenvalue weighted by molar-refractivity contribution is 0.0593. The van der Waals surface area contributed by atoms with E-state index >= 15 is 0 Å². The van der Waals surface area contributed by atoms with Gasteiger partial charge in [0.2, 0.25) is 0 Å². The van der Waals surface area contributed by atoms with Gasteiger partial charge < -0.3 is 10.1 Å². The molecule has 0 aliphatic carbocycles. The van der Waals surface area contributed by atoms with Gasteiger partial charge in [0, 0.05) is 8.95 Å². The quantitative estimate of drug-likeness (QED) is 0.817. The van der Waals surface area contributed by atoms with Crippen molar-refractivity contribution >= 4 is 49.3 Å². The number of benzene rings is 1. The first-order chi connectivity index (χ1) is 9.11. The van der Waals surface area contributed by atoms with Gasteiger partial charge in [0.1, 0.15) is 5.82 Å². The van der Waals surface area contributed by atoms with Gasteiger partial charge in [-0.15, -0.1) is 0 Å². The molecular formula is C12H9Br2N3O2. The topological polar surface area (TPSA) is 64.1 Å². The maximum Gasteiger partial charge on any atom is 0.358 e. The van der Waals surface area contributed by atoms with Crippen molar-refractivity contribution in [2.75, 3.05) is 12.4 Å². The Labute approximate surface area is 126 Å². The molecule has 0 aliphatic rings. The number of nitrogens with one attached hydrogen (secondary N) is 1. The van der Waals surface area contributed by atoms with Crippen LogP contribution in [0, 0.1) is 0 Å². The Kier molecular flexibility index (Phi) is 4.49. The van der Waals surface area contributed by atoms with E-state index < -0.39 is 5.97 Å². The average molecular weight is 387 g/mol. The smallest absolute Gasteiger partial charge is 0.358 e. The molecule has 19 heavy (non-hydrogen) atoms. The number of ether oxygens (including phenoxy) is 1. The van der Waals surface area contributed by atoms with Crippen LogP contribution in [-0.2, 0) is 4.74 Å². The number of esters is 1. The Morgan fingerprint density at radius 2 is 1.89 bits per heavy atom. The summed E-state index contributed by atoms with van der Waals surface area (Å²) in [5.74, 6) is 0.0152. The van der Waals surface area contributed by atoms with Crippen molar-refractivity contribution in [2.45, 2.75) is 0 Å². The monoisotopic (exact) mass is 385 g/mol. The number of carbonyl (C=O) groups excluding carboxylic acids is 1. The zero-order valence-corrected chi connectivity index (χ0v) is 13.0. The second kappa shape index (κ2) is 6.12. The molecule has 0 unspecified atom stereocenters. The Hall–Kier alpha value is -1.47. The van der Waals surface area contributed by atoms with Crippen LogP contribution >= 0.6 is 31.9 Å². The first-order valence-electron chi connectivity index (χ1n) is 5.23. The molecule has 0 amide bonds. The molecule has 0 bridgehead atoms. The molecule has 98 valence electrons. The predicted octanol–water partition coefficient (Wildman–Crippen LogP) is 3.53. The van der Waals surface area contributed by atoms with E-state index in [0.717, 1.165) is 14.6 Å². The SMILES string of the molecule is COC(=O)c1cnc(Nc2c(Br)cccc2Br)cn1. The molecule has 7 heteroatoms. The van der Waals surface area contributed by atoms with Gasteiger partial charge in [-0.25, -0.2) is 14.8 Å². The highest BCUT2D eigenvalue weighted by Crippen LogP contribution is 2.32. The Morgan fingerprint density at radius 1 is 1.21 bits per heavy atom. The van der Waals surface area contributed by atoms with Crippen molar-refractivity contribution in [3.05, 3.63) is 45.2 Å². The molecule has 1 heterocycles. The van der Waals surface area contributed by atoms with E-state index in [9.17, 15) is 4.79 Å². The molecular weight excluding hydrogens is 378 g/mol. The molecule has 1 N–H and O–H groups in total. The highest BCUT2D eigenvalue weighted by atomic mass is 79.9.